The third-order valence-electron chi connectivity index (χ3n) is 3.92. The number of nitrogens with zero attached hydrogens (tertiary/aromatic N) is 1. The summed E-state index contributed by atoms with van der Waals surface area (Å²) in [6.07, 6.45) is 0. The molecule has 1 aliphatic rings. The van der Waals surface area contributed by atoms with Crippen molar-refractivity contribution >= 4 is 10.8 Å². The van der Waals surface area contributed by atoms with E-state index in [0.29, 0.717) is 6.61 Å². The van der Waals surface area contributed by atoms with Gasteiger partial charge in [-0.15, -0.1) is 0 Å². The molecule has 0 N–H and O–H groups in total. The lowest BCUT2D eigenvalue weighted by Crippen LogP contribution is -2.39. The highest BCUT2D eigenvalue weighted by atomic mass is 16.5. The van der Waals surface area contributed by atoms with Crippen LogP contribution in [-0.4, -0.2) is 32.9 Å². The molecule has 0 amide bonds. The monoisotopic (exact) mass is 288 g/mol. The van der Waals surface area contributed by atoms with Crippen molar-refractivity contribution in [3.05, 3.63) is 35.1 Å². The van der Waals surface area contributed by atoms with Crippen LogP contribution in [0.1, 0.15) is 18.4 Å². The summed E-state index contributed by atoms with van der Waals surface area (Å²) in [6.45, 7) is 10.0. The van der Waals surface area contributed by atoms with Crippen LogP contribution >= 0.6 is 0 Å². The number of aryl methyl sites for hydroxylation is 2. The first kappa shape index (κ1) is 14.1. The minimum Gasteiger partial charge on any atom is -0.493 e. The number of rotatable bonds is 2. The van der Waals surface area contributed by atoms with Crippen LogP contribution in [0.4, 0.5) is 0 Å². The predicted octanol–water partition coefficient (Wildman–Crippen LogP) is 2.25. The Morgan fingerprint density at radius 2 is 1.81 bits per heavy atom. The van der Waals surface area contributed by atoms with Gasteiger partial charge < -0.3 is 13.9 Å². The normalized spacial score (nSPS) is 15.5. The Labute approximate surface area is 124 Å². The Kier molecular flexibility index (Phi) is 3.97. The standard InChI is InChI=1S/C17H22NO3/c1-4-20-15-7-5-6-14(18-8-10-19-11-9-18)16-12(2)21-13(3)17(15)16/h5-7H,4,8-11H2,1-3H3/q+1. The van der Waals surface area contributed by atoms with Gasteiger partial charge >= 0.3 is 0 Å². The molecule has 0 atom stereocenters. The summed E-state index contributed by atoms with van der Waals surface area (Å²) in [5.41, 5.74) is 0. The second-order valence-corrected chi connectivity index (χ2v) is 5.27. The van der Waals surface area contributed by atoms with Gasteiger partial charge in [-0.05, 0) is 26.8 Å². The number of morpholine rings is 1. The maximum absolute atomic E-state index is 5.89. The first-order valence-corrected chi connectivity index (χ1v) is 7.54. The second-order valence-electron chi connectivity index (χ2n) is 5.27. The van der Waals surface area contributed by atoms with Crippen LogP contribution in [0.2, 0.25) is 0 Å². The van der Waals surface area contributed by atoms with Crippen molar-refractivity contribution in [3.8, 4) is 5.75 Å². The van der Waals surface area contributed by atoms with Gasteiger partial charge in [0.25, 0.3) is 0 Å². The molecule has 0 aliphatic carbocycles. The Morgan fingerprint density at radius 3 is 2.52 bits per heavy atom. The molecule has 0 unspecified atom stereocenters. The molecule has 0 radical (unpaired) electrons. The highest BCUT2D eigenvalue weighted by molar-refractivity contribution is 5.91. The van der Waals surface area contributed by atoms with Crippen LogP contribution in [0.25, 0.3) is 10.8 Å². The Bertz CT molecular complexity index is 723. The van der Waals surface area contributed by atoms with Crippen molar-refractivity contribution in [2.75, 3.05) is 32.9 Å². The van der Waals surface area contributed by atoms with Crippen molar-refractivity contribution in [3.63, 3.8) is 0 Å². The molecule has 3 rings (SSSR count). The van der Waals surface area contributed by atoms with E-state index in [1.165, 1.54) is 5.36 Å². The first-order chi connectivity index (χ1) is 10.2. The molecule has 112 valence electrons. The number of hydrogen-bond acceptors (Lipinski definition) is 3. The smallest absolute Gasteiger partial charge is 0.211 e. The number of ether oxygens (including phenoxy) is 2. The zero-order valence-corrected chi connectivity index (χ0v) is 12.9. The molecule has 1 aromatic heterocycles. The zero-order valence-electron chi connectivity index (χ0n) is 12.9. The van der Waals surface area contributed by atoms with Gasteiger partial charge in [-0.25, -0.2) is 4.58 Å². The fourth-order valence-corrected chi connectivity index (χ4v) is 3.03. The zero-order chi connectivity index (χ0) is 14.8. The number of hydrogen-bond donors (Lipinski definition) is 0. The lowest BCUT2D eigenvalue weighted by molar-refractivity contribution is 0.0968. The van der Waals surface area contributed by atoms with Crippen LogP contribution < -0.4 is 14.7 Å². The number of furan rings is 1. The highest BCUT2D eigenvalue weighted by Gasteiger charge is 2.19. The molecular weight excluding hydrogens is 266 g/mol. The Morgan fingerprint density at radius 1 is 1.10 bits per heavy atom. The van der Waals surface area contributed by atoms with Gasteiger partial charge in [0.15, 0.2) is 13.1 Å². The third kappa shape index (κ3) is 2.56. The van der Waals surface area contributed by atoms with E-state index >= 15 is 0 Å². The van der Waals surface area contributed by atoms with Gasteiger partial charge in [0, 0.05) is 6.07 Å². The van der Waals surface area contributed by atoms with Gasteiger partial charge in [0.05, 0.1) is 17.4 Å². The minimum absolute atomic E-state index is 0.648. The molecule has 1 aromatic carbocycles. The van der Waals surface area contributed by atoms with Crippen molar-refractivity contribution in [1.82, 2.24) is 4.58 Å². The quantitative estimate of drug-likeness (QED) is 0.795. The van der Waals surface area contributed by atoms with Crippen LogP contribution in [0.5, 0.6) is 5.75 Å². The maximum atomic E-state index is 5.89. The molecular formula is C17H22NO3+. The Balaban J connectivity index is 2.40. The van der Waals surface area contributed by atoms with Gasteiger partial charge in [-0.3, -0.25) is 0 Å². The van der Waals surface area contributed by atoms with Crippen LogP contribution in [0.15, 0.2) is 22.6 Å². The molecule has 0 spiro atoms. The van der Waals surface area contributed by atoms with Crippen molar-refractivity contribution < 1.29 is 13.9 Å². The summed E-state index contributed by atoms with van der Waals surface area (Å²) in [5, 5.41) is 3.44. The summed E-state index contributed by atoms with van der Waals surface area (Å²) in [4.78, 5) is 0. The van der Waals surface area contributed by atoms with Gasteiger partial charge in [0.1, 0.15) is 30.5 Å². The van der Waals surface area contributed by atoms with E-state index in [1.54, 1.807) is 0 Å². The average molecular weight is 288 g/mol. The lowest BCUT2D eigenvalue weighted by atomic mass is 10.2. The van der Waals surface area contributed by atoms with Crippen LogP contribution in [0, 0.1) is 13.8 Å². The summed E-state index contributed by atoms with van der Waals surface area (Å²) in [7, 11) is 0. The highest BCUT2D eigenvalue weighted by Crippen LogP contribution is 2.30. The van der Waals surface area contributed by atoms with Crippen molar-refractivity contribution in [2.45, 2.75) is 20.8 Å². The summed E-state index contributed by atoms with van der Waals surface area (Å²) in [5.74, 6) is 2.75. The topological polar surface area (TPSA) is 34.6 Å². The molecule has 1 aliphatic heterocycles. The molecule has 1 fully saturated rings. The van der Waals surface area contributed by atoms with E-state index in [0.717, 1.165) is 54.3 Å². The fourth-order valence-electron chi connectivity index (χ4n) is 3.03. The molecule has 4 nitrogen and oxygen atoms in total. The minimum atomic E-state index is 0.648. The summed E-state index contributed by atoms with van der Waals surface area (Å²) >= 11 is 0. The first-order valence-electron chi connectivity index (χ1n) is 7.54. The number of fused-ring (bicyclic) bond motifs is 1. The second kappa shape index (κ2) is 5.90. The lowest BCUT2D eigenvalue weighted by Gasteiger charge is -2.10. The fraction of sp³-hybridized carbons (Fsp3) is 0.471. The largest absolute Gasteiger partial charge is 0.493 e. The van der Waals surface area contributed by atoms with Crippen LogP contribution in [0.3, 0.4) is 0 Å². The molecule has 1 saturated heterocycles. The van der Waals surface area contributed by atoms with E-state index in [-0.39, 0.29) is 0 Å². The maximum Gasteiger partial charge on any atom is 0.211 e. The molecule has 0 saturated carbocycles. The van der Waals surface area contributed by atoms with E-state index in [1.807, 2.05) is 26.8 Å². The third-order valence-corrected chi connectivity index (χ3v) is 3.92. The average Bonchev–Trinajstić information content (AvgIpc) is 2.68. The molecule has 0 bridgehead atoms. The van der Waals surface area contributed by atoms with Gasteiger partial charge in [-0.2, -0.15) is 0 Å². The van der Waals surface area contributed by atoms with Gasteiger partial charge in [-0.1, -0.05) is 6.07 Å². The molecule has 2 aromatic rings. The summed E-state index contributed by atoms with van der Waals surface area (Å²) in [6, 6.07) is 6.24. The predicted molar refractivity (Wildman–Crippen MR) is 82.7 cm³/mol. The molecule has 21 heavy (non-hydrogen) atoms. The molecule has 4 heteroatoms. The van der Waals surface area contributed by atoms with Crippen LogP contribution in [-0.2, 0) is 4.74 Å². The van der Waals surface area contributed by atoms with E-state index in [2.05, 4.69) is 16.7 Å². The van der Waals surface area contributed by atoms with Crippen molar-refractivity contribution in [2.24, 2.45) is 0 Å². The van der Waals surface area contributed by atoms with Crippen molar-refractivity contribution in [1.29, 1.82) is 0 Å². The van der Waals surface area contributed by atoms with E-state index in [4.69, 9.17) is 13.9 Å². The molecule has 2 heterocycles. The van der Waals surface area contributed by atoms with E-state index in [9.17, 15) is 0 Å². The van der Waals surface area contributed by atoms with Gasteiger partial charge in [0.2, 0.25) is 5.36 Å². The Hall–Kier alpha value is -1.81. The SMILES string of the molecule is CCOc1cccc(=[N+]2CCOCC2)c2c(C)oc(C)c12. The summed E-state index contributed by atoms with van der Waals surface area (Å²) < 4.78 is 19.5. The van der Waals surface area contributed by atoms with E-state index < -0.39 is 0 Å².